The van der Waals surface area contributed by atoms with Gasteiger partial charge >= 0.3 is 0 Å². The monoisotopic (exact) mass is 246 g/mol. The van der Waals surface area contributed by atoms with Crippen molar-refractivity contribution in [1.82, 2.24) is 9.78 Å². The van der Waals surface area contributed by atoms with Crippen LogP contribution in [0.2, 0.25) is 0 Å². The molecule has 0 bridgehead atoms. The van der Waals surface area contributed by atoms with Gasteiger partial charge in [0.15, 0.2) is 5.75 Å². The molecule has 2 aromatic rings. The van der Waals surface area contributed by atoms with Crippen LogP contribution in [0.25, 0.3) is 5.69 Å². The van der Waals surface area contributed by atoms with Crippen LogP contribution in [0.4, 0.5) is 5.69 Å². The minimum absolute atomic E-state index is 0.321. The molecule has 2 rings (SSSR count). The first kappa shape index (κ1) is 12.0. The molecule has 6 heteroatoms. The Morgan fingerprint density at radius 1 is 1.50 bits per heavy atom. The summed E-state index contributed by atoms with van der Waals surface area (Å²) >= 11 is 0. The number of ether oxygens (including phenoxy) is 1. The van der Waals surface area contributed by atoms with E-state index < -0.39 is 5.91 Å². The third-order valence-corrected chi connectivity index (χ3v) is 2.40. The molecule has 0 aliphatic rings. The summed E-state index contributed by atoms with van der Waals surface area (Å²) < 4.78 is 6.84. The highest BCUT2D eigenvalue weighted by molar-refractivity contribution is 5.97. The molecule has 1 aromatic heterocycles. The van der Waals surface area contributed by atoms with Gasteiger partial charge in [-0.2, -0.15) is 5.10 Å². The molecule has 1 amide bonds. The van der Waals surface area contributed by atoms with Crippen LogP contribution in [0, 0.1) is 0 Å². The zero-order valence-corrected chi connectivity index (χ0v) is 9.96. The van der Waals surface area contributed by atoms with Crippen LogP contribution in [0.3, 0.4) is 0 Å². The van der Waals surface area contributed by atoms with E-state index in [-0.39, 0.29) is 0 Å². The largest absolute Gasteiger partial charge is 0.491 e. The molecule has 0 spiro atoms. The molecule has 0 unspecified atom stereocenters. The van der Waals surface area contributed by atoms with Crippen LogP contribution in [0.15, 0.2) is 30.6 Å². The molecule has 4 N–H and O–H groups in total. The lowest BCUT2D eigenvalue weighted by atomic mass is 10.1. The summed E-state index contributed by atoms with van der Waals surface area (Å²) in [6, 6.07) is 4.90. The van der Waals surface area contributed by atoms with E-state index in [1.165, 1.54) is 10.7 Å². The predicted molar refractivity (Wildman–Crippen MR) is 67.7 cm³/mol. The smallest absolute Gasteiger partial charge is 0.250 e. The van der Waals surface area contributed by atoms with Crippen molar-refractivity contribution >= 4 is 11.6 Å². The minimum atomic E-state index is -0.550. The van der Waals surface area contributed by atoms with Crippen LogP contribution < -0.4 is 16.2 Å². The number of benzene rings is 1. The fourth-order valence-electron chi connectivity index (χ4n) is 1.63. The van der Waals surface area contributed by atoms with Gasteiger partial charge in [-0.25, -0.2) is 4.68 Å². The van der Waals surface area contributed by atoms with Crippen LogP contribution in [0.1, 0.15) is 17.3 Å². The topological polar surface area (TPSA) is 96.2 Å². The maximum atomic E-state index is 11.4. The van der Waals surface area contributed by atoms with Gasteiger partial charge in [0.2, 0.25) is 0 Å². The second kappa shape index (κ2) is 4.79. The normalized spacial score (nSPS) is 10.3. The Kier molecular flexibility index (Phi) is 3.18. The standard InChI is InChI=1S/C12H14N4O2/c1-2-18-9-6-15-16(7-9)11-4-3-8(13)5-10(11)12(14)17/h3-7H,2,13H2,1H3,(H2,14,17). The molecule has 0 atom stereocenters. The number of anilines is 1. The van der Waals surface area contributed by atoms with Gasteiger partial charge in [-0.15, -0.1) is 0 Å². The summed E-state index contributed by atoms with van der Waals surface area (Å²) in [7, 11) is 0. The van der Waals surface area contributed by atoms with Gasteiger partial charge in [0.1, 0.15) is 0 Å². The van der Waals surface area contributed by atoms with Crippen molar-refractivity contribution in [1.29, 1.82) is 0 Å². The number of hydrogen-bond acceptors (Lipinski definition) is 4. The van der Waals surface area contributed by atoms with Crippen molar-refractivity contribution in [2.75, 3.05) is 12.3 Å². The van der Waals surface area contributed by atoms with E-state index in [0.717, 1.165) is 0 Å². The highest BCUT2D eigenvalue weighted by Crippen LogP contribution is 2.19. The second-order valence-corrected chi connectivity index (χ2v) is 3.69. The van der Waals surface area contributed by atoms with E-state index >= 15 is 0 Å². The number of nitrogen functional groups attached to an aromatic ring is 1. The first-order chi connectivity index (χ1) is 8.61. The molecule has 6 nitrogen and oxygen atoms in total. The fourth-order valence-corrected chi connectivity index (χ4v) is 1.63. The zero-order chi connectivity index (χ0) is 13.1. The maximum absolute atomic E-state index is 11.4. The third-order valence-electron chi connectivity index (χ3n) is 2.40. The first-order valence-corrected chi connectivity index (χ1v) is 5.49. The molecular formula is C12H14N4O2. The summed E-state index contributed by atoms with van der Waals surface area (Å²) in [5.41, 5.74) is 12.3. The average molecular weight is 246 g/mol. The summed E-state index contributed by atoms with van der Waals surface area (Å²) in [6.45, 7) is 2.44. The van der Waals surface area contributed by atoms with E-state index in [1.807, 2.05) is 6.92 Å². The van der Waals surface area contributed by atoms with Crippen LogP contribution in [0.5, 0.6) is 5.75 Å². The number of carbonyl (C=O) groups is 1. The summed E-state index contributed by atoms with van der Waals surface area (Å²) in [6.07, 6.45) is 3.26. The number of hydrogen-bond donors (Lipinski definition) is 2. The molecule has 18 heavy (non-hydrogen) atoms. The number of aromatic nitrogens is 2. The van der Waals surface area contributed by atoms with Crippen LogP contribution >= 0.6 is 0 Å². The summed E-state index contributed by atoms with van der Waals surface area (Å²) in [4.78, 5) is 11.4. The lowest BCUT2D eigenvalue weighted by Gasteiger charge is -2.07. The maximum Gasteiger partial charge on any atom is 0.250 e. The van der Waals surface area contributed by atoms with Crippen molar-refractivity contribution in [2.24, 2.45) is 5.73 Å². The fraction of sp³-hybridized carbons (Fsp3) is 0.167. The average Bonchev–Trinajstić information content (AvgIpc) is 2.78. The Morgan fingerprint density at radius 3 is 2.94 bits per heavy atom. The van der Waals surface area contributed by atoms with Crippen molar-refractivity contribution in [3.63, 3.8) is 0 Å². The summed E-state index contributed by atoms with van der Waals surface area (Å²) in [5, 5.41) is 4.12. The number of amides is 1. The molecule has 0 aliphatic carbocycles. The second-order valence-electron chi connectivity index (χ2n) is 3.69. The Labute approximate surface area is 104 Å². The van der Waals surface area contributed by atoms with E-state index in [4.69, 9.17) is 16.2 Å². The molecule has 0 saturated carbocycles. The van der Waals surface area contributed by atoms with Crippen molar-refractivity contribution in [3.05, 3.63) is 36.2 Å². The number of carbonyl (C=O) groups excluding carboxylic acids is 1. The van der Waals surface area contributed by atoms with E-state index in [0.29, 0.717) is 29.3 Å². The molecule has 0 aliphatic heterocycles. The molecule has 0 fully saturated rings. The Hall–Kier alpha value is -2.50. The van der Waals surface area contributed by atoms with Crippen molar-refractivity contribution < 1.29 is 9.53 Å². The van der Waals surface area contributed by atoms with Gasteiger partial charge in [0.05, 0.1) is 30.3 Å². The third kappa shape index (κ3) is 2.27. The lowest BCUT2D eigenvalue weighted by Crippen LogP contribution is -2.15. The van der Waals surface area contributed by atoms with Gasteiger partial charge in [0, 0.05) is 5.69 Å². The molecule has 94 valence electrons. The Bertz CT molecular complexity index is 577. The van der Waals surface area contributed by atoms with Crippen molar-refractivity contribution in [3.8, 4) is 11.4 Å². The van der Waals surface area contributed by atoms with E-state index in [1.54, 1.807) is 24.5 Å². The molecule has 0 radical (unpaired) electrons. The van der Waals surface area contributed by atoms with Gasteiger partial charge in [0.25, 0.3) is 5.91 Å². The lowest BCUT2D eigenvalue weighted by molar-refractivity contribution is 0.1000. The number of nitrogens with two attached hydrogens (primary N) is 2. The SMILES string of the molecule is CCOc1cnn(-c2ccc(N)cc2C(N)=O)c1. The van der Waals surface area contributed by atoms with E-state index in [9.17, 15) is 4.79 Å². The van der Waals surface area contributed by atoms with E-state index in [2.05, 4.69) is 5.10 Å². The molecule has 0 saturated heterocycles. The minimum Gasteiger partial charge on any atom is -0.491 e. The Morgan fingerprint density at radius 2 is 2.28 bits per heavy atom. The van der Waals surface area contributed by atoms with Gasteiger partial charge in [-0.3, -0.25) is 4.79 Å². The number of primary amides is 1. The quantitative estimate of drug-likeness (QED) is 0.785. The molecular weight excluding hydrogens is 232 g/mol. The van der Waals surface area contributed by atoms with Gasteiger partial charge in [-0.05, 0) is 25.1 Å². The van der Waals surface area contributed by atoms with Crippen molar-refractivity contribution in [2.45, 2.75) is 6.92 Å². The molecule has 1 aromatic carbocycles. The number of nitrogens with zero attached hydrogens (tertiary/aromatic N) is 2. The van der Waals surface area contributed by atoms with Crippen LogP contribution in [-0.2, 0) is 0 Å². The zero-order valence-electron chi connectivity index (χ0n) is 9.96. The first-order valence-electron chi connectivity index (χ1n) is 5.49. The molecule has 1 heterocycles. The highest BCUT2D eigenvalue weighted by atomic mass is 16.5. The number of rotatable bonds is 4. The summed E-state index contributed by atoms with van der Waals surface area (Å²) in [5.74, 6) is 0.0792. The highest BCUT2D eigenvalue weighted by Gasteiger charge is 2.11. The van der Waals surface area contributed by atoms with Gasteiger partial charge < -0.3 is 16.2 Å². The predicted octanol–water partition coefficient (Wildman–Crippen LogP) is 0.952. The van der Waals surface area contributed by atoms with Gasteiger partial charge in [-0.1, -0.05) is 0 Å². The Balaban J connectivity index is 2.45. The van der Waals surface area contributed by atoms with Crippen LogP contribution in [-0.4, -0.2) is 22.3 Å².